The lowest BCUT2D eigenvalue weighted by Gasteiger charge is -2.38. The second kappa shape index (κ2) is 6.16. The molecule has 1 aromatic rings. The Hall–Kier alpha value is -2.15. The van der Waals surface area contributed by atoms with E-state index in [-0.39, 0.29) is 24.4 Å². The van der Waals surface area contributed by atoms with E-state index in [1.807, 2.05) is 11.8 Å². The van der Waals surface area contributed by atoms with Gasteiger partial charge in [0.1, 0.15) is 12.4 Å². The second-order valence-electron chi connectivity index (χ2n) is 6.03. The van der Waals surface area contributed by atoms with E-state index in [0.717, 1.165) is 0 Å². The van der Waals surface area contributed by atoms with E-state index >= 15 is 0 Å². The molecule has 2 aliphatic heterocycles. The van der Waals surface area contributed by atoms with Crippen molar-refractivity contribution in [3.8, 4) is 0 Å². The third kappa shape index (κ3) is 3.44. The van der Waals surface area contributed by atoms with Gasteiger partial charge in [0.15, 0.2) is 5.60 Å². The highest BCUT2D eigenvalue weighted by atomic mass is 19.1. The van der Waals surface area contributed by atoms with Gasteiger partial charge in [0, 0.05) is 31.6 Å². The lowest BCUT2D eigenvalue weighted by molar-refractivity contribution is -0.122. The number of carbonyl (C=O) groups excluding carboxylic acids is 2. The molecule has 0 aliphatic carbocycles. The Balaban J connectivity index is 1.54. The Labute approximate surface area is 133 Å². The van der Waals surface area contributed by atoms with E-state index in [1.165, 1.54) is 24.3 Å². The highest BCUT2D eigenvalue weighted by Gasteiger charge is 2.45. The maximum absolute atomic E-state index is 12.9. The molecule has 23 heavy (non-hydrogen) atoms. The molecule has 124 valence electrons. The molecule has 2 fully saturated rings. The number of likely N-dealkylation sites (tertiary alicyclic amines) is 1. The van der Waals surface area contributed by atoms with Gasteiger partial charge in [-0.3, -0.25) is 9.69 Å². The van der Waals surface area contributed by atoms with Crippen molar-refractivity contribution >= 4 is 17.7 Å². The van der Waals surface area contributed by atoms with Gasteiger partial charge in [0.2, 0.25) is 5.91 Å². The third-order valence-corrected chi connectivity index (χ3v) is 4.50. The number of amides is 1. The second-order valence-corrected chi connectivity index (χ2v) is 6.03. The van der Waals surface area contributed by atoms with Gasteiger partial charge in [0.05, 0.1) is 6.04 Å². The number of rotatable bonds is 3. The predicted octanol–water partition coefficient (Wildman–Crippen LogP) is 2.15. The predicted molar refractivity (Wildman–Crippen MR) is 80.5 cm³/mol. The number of nitrogens with zero attached hydrogens (tertiary/aromatic N) is 1. The first-order valence-electron chi connectivity index (χ1n) is 7.64. The molecule has 1 N–H and O–H groups in total. The van der Waals surface area contributed by atoms with Crippen LogP contribution in [0.15, 0.2) is 24.3 Å². The van der Waals surface area contributed by atoms with Crippen molar-refractivity contribution in [2.45, 2.75) is 31.4 Å². The van der Waals surface area contributed by atoms with Crippen LogP contribution in [-0.4, -0.2) is 48.3 Å². The zero-order valence-electron chi connectivity index (χ0n) is 12.9. The summed E-state index contributed by atoms with van der Waals surface area (Å²) < 4.78 is 23.0. The molecule has 7 heteroatoms. The van der Waals surface area contributed by atoms with Crippen LogP contribution in [0.5, 0.6) is 0 Å². The van der Waals surface area contributed by atoms with Gasteiger partial charge in [-0.25, -0.2) is 9.18 Å². The molecule has 0 aromatic heterocycles. The Morgan fingerprint density at radius 1 is 1.30 bits per heavy atom. The number of hydrogen-bond donors (Lipinski definition) is 1. The van der Waals surface area contributed by atoms with Crippen molar-refractivity contribution in [1.29, 1.82) is 0 Å². The molecule has 1 spiro atoms. The molecule has 2 saturated heterocycles. The summed E-state index contributed by atoms with van der Waals surface area (Å²) in [5.41, 5.74) is 0.0376. The molecule has 0 radical (unpaired) electrons. The minimum atomic E-state index is -0.611. The fraction of sp³-hybridized carbons (Fsp3) is 0.500. The zero-order valence-corrected chi connectivity index (χ0v) is 12.9. The van der Waals surface area contributed by atoms with Gasteiger partial charge in [-0.15, -0.1) is 0 Å². The van der Waals surface area contributed by atoms with Crippen LogP contribution in [0.2, 0.25) is 0 Å². The van der Waals surface area contributed by atoms with Crippen molar-refractivity contribution < 1.29 is 23.5 Å². The standard InChI is InChI=1S/C16H19FN2O4/c1-11(14(20)18-13-4-2-12(17)3-5-13)19-8-6-16(7-9-19)10-22-15(21)23-16/h2-5,11H,6-10H2,1H3,(H,18,20). The average Bonchev–Trinajstić information content (AvgIpc) is 2.90. The Morgan fingerprint density at radius 3 is 2.52 bits per heavy atom. The lowest BCUT2D eigenvalue weighted by Crippen LogP contribution is -2.51. The fourth-order valence-electron chi connectivity index (χ4n) is 2.94. The van der Waals surface area contributed by atoms with Crippen molar-refractivity contribution in [2.75, 3.05) is 25.0 Å². The molecule has 0 bridgehead atoms. The minimum Gasteiger partial charge on any atom is -0.430 e. The average molecular weight is 322 g/mol. The summed E-state index contributed by atoms with van der Waals surface area (Å²) >= 11 is 0. The highest BCUT2D eigenvalue weighted by molar-refractivity contribution is 5.94. The zero-order chi connectivity index (χ0) is 16.4. The lowest BCUT2D eigenvalue weighted by atomic mass is 9.91. The number of halogens is 1. The van der Waals surface area contributed by atoms with E-state index in [2.05, 4.69) is 5.32 Å². The molecule has 1 aromatic carbocycles. The van der Waals surface area contributed by atoms with E-state index < -0.39 is 11.8 Å². The van der Waals surface area contributed by atoms with Crippen LogP contribution < -0.4 is 5.32 Å². The summed E-state index contributed by atoms with van der Waals surface area (Å²) in [6.45, 7) is 3.41. The van der Waals surface area contributed by atoms with Crippen LogP contribution in [0, 0.1) is 5.82 Å². The highest BCUT2D eigenvalue weighted by Crippen LogP contribution is 2.32. The van der Waals surface area contributed by atoms with Gasteiger partial charge in [-0.1, -0.05) is 0 Å². The number of cyclic esters (lactones) is 1. The Morgan fingerprint density at radius 2 is 1.96 bits per heavy atom. The van der Waals surface area contributed by atoms with Crippen LogP contribution in [0.25, 0.3) is 0 Å². The van der Waals surface area contributed by atoms with E-state index in [1.54, 1.807) is 0 Å². The monoisotopic (exact) mass is 322 g/mol. The van der Waals surface area contributed by atoms with E-state index in [0.29, 0.717) is 31.6 Å². The van der Waals surface area contributed by atoms with Crippen LogP contribution in [0.3, 0.4) is 0 Å². The summed E-state index contributed by atoms with van der Waals surface area (Å²) in [5.74, 6) is -0.488. The summed E-state index contributed by atoms with van der Waals surface area (Å²) in [7, 11) is 0. The summed E-state index contributed by atoms with van der Waals surface area (Å²) in [6.07, 6.45) is 0.681. The third-order valence-electron chi connectivity index (χ3n) is 4.50. The van der Waals surface area contributed by atoms with E-state index in [9.17, 15) is 14.0 Å². The van der Waals surface area contributed by atoms with Crippen molar-refractivity contribution in [3.63, 3.8) is 0 Å². The van der Waals surface area contributed by atoms with Crippen molar-refractivity contribution in [1.82, 2.24) is 4.90 Å². The number of ether oxygens (including phenoxy) is 2. The largest absolute Gasteiger partial charge is 0.509 e. The molecule has 0 saturated carbocycles. The first kappa shape index (κ1) is 15.7. The maximum Gasteiger partial charge on any atom is 0.509 e. The molecule has 2 heterocycles. The number of piperidine rings is 1. The first-order chi connectivity index (χ1) is 11.0. The Kier molecular flexibility index (Phi) is 4.21. The smallest absolute Gasteiger partial charge is 0.430 e. The topological polar surface area (TPSA) is 67.9 Å². The molecule has 1 amide bonds. The van der Waals surface area contributed by atoms with Gasteiger partial charge >= 0.3 is 6.16 Å². The SMILES string of the molecule is CC(C(=O)Nc1ccc(F)cc1)N1CCC2(CC1)COC(=O)O2. The van der Waals surface area contributed by atoms with E-state index in [4.69, 9.17) is 9.47 Å². The van der Waals surface area contributed by atoms with Gasteiger partial charge < -0.3 is 14.8 Å². The van der Waals surface area contributed by atoms with Crippen molar-refractivity contribution in [2.24, 2.45) is 0 Å². The van der Waals surface area contributed by atoms with Crippen LogP contribution in [0.1, 0.15) is 19.8 Å². The molecule has 6 nitrogen and oxygen atoms in total. The summed E-state index contributed by atoms with van der Waals surface area (Å²) in [5, 5.41) is 2.78. The normalized spacial score (nSPS) is 21.6. The maximum atomic E-state index is 12.9. The molecule has 2 aliphatic rings. The van der Waals surface area contributed by atoms with Gasteiger partial charge in [-0.05, 0) is 31.2 Å². The number of nitrogens with one attached hydrogen (secondary N) is 1. The van der Waals surface area contributed by atoms with Crippen LogP contribution in [0.4, 0.5) is 14.9 Å². The molecule has 1 atom stereocenters. The quantitative estimate of drug-likeness (QED) is 0.864. The molecular formula is C16H19FN2O4. The fourth-order valence-corrected chi connectivity index (χ4v) is 2.94. The first-order valence-corrected chi connectivity index (χ1v) is 7.64. The van der Waals surface area contributed by atoms with Crippen molar-refractivity contribution in [3.05, 3.63) is 30.1 Å². The Bertz CT molecular complexity index is 597. The van der Waals surface area contributed by atoms with Gasteiger partial charge in [-0.2, -0.15) is 0 Å². The van der Waals surface area contributed by atoms with Crippen LogP contribution >= 0.6 is 0 Å². The summed E-state index contributed by atoms with van der Waals surface area (Å²) in [4.78, 5) is 25.5. The number of anilines is 1. The molecule has 3 rings (SSSR count). The summed E-state index contributed by atoms with van der Waals surface area (Å²) in [6, 6.07) is 5.34. The number of benzene rings is 1. The number of carbonyl (C=O) groups is 2. The van der Waals surface area contributed by atoms with Crippen LogP contribution in [-0.2, 0) is 14.3 Å². The molecule has 1 unspecified atom stereocenters. The van der Waals surface area contributed by atoms with Gasteiger partial charge in [0.25, 0.3) is 0 Å². The number of hydrogen-bond acceptors (Lipinski definition) is 5. The molecular weight excluding hydrogens is 303 g/mol. The minimum absolute atomic E-state index is 0.146.